The van der Waals surface area contributed by atoms with Crippen LogP contribution in [0.4, 0.5) is 4.39 Å². The fourth-order valence-corrected chi connectivity index (χ4v) is 5.18. The number of amides is 1. The van der Waals surface area contributed by atoms with E-state index in [0.29, 0.717) is 10.0 Å². The Labute approximate surface area is 167 Å². The summed E-state index contributed by atoms with van der Waals surface area (Å²) in [5.41, 5.74) is 1.68. The molecule has 1 aliphatic rings. The third kappa shape index (κ3) is 4.07. The number of nitrogens with zero attached hydrogens (tertiary/aromatic N) is 2. The van der Waals surface area contributed by atoms with Gasteiger partial charge in [-0.3, -0.25) is 4.79 Å². The van der Waals surface area contributed by atoms with Gasteiger partial charge in [0.25, 0.3) is 5.91 Å². The highest BCUT2D eigenvalue weighted by molar-refractivity contribution is 9.10. The maximum absolute atomic E-state index is 14.0. The molecule has 0 atom stereocenters. The van der Waals surface area contributed by atoms with Crippen molar-refractivity contribution in [2.75, 3.05) is 26.2 Å². The molecule has 0 bridgehead atoms. The van der Waals surface area contributed by atoms with Gasteiger partial charge >= 0.3 is 0 Å². The van der Waals surface area contributed by atoms with E-state index in [9.17, 15) is 17.6 Å². The number of halogens is 2. The van der Waals surface area contributed by atoms with Gasteiger partial charge in [-0.05, 0) is 43.7 Å². The highest BCUT2D eigenvalue weighted by Crippen LogP contribution is 2.23. The molecule has 2 aromatic carbocycles. The van der Waals surface area contributed by atoms with Gasteiger partial charge in [-0.25, -0.2) is 12.8 Å². The molecule has 1 heterocycles. The molecule has 1 saturated heterocycles. The summed E-state index contributed by atoms with van der Waals surface area (Å²) >= 11 is 3.24. The number of carbonyl (C=O) groups is 1. The van der Waals surface area contributed by atoms with E-state index in [1.165, 1.54) is 27.4 Å². The number of hydrogen-bond donors (Lipinski definition) is 0. The molecule has 5 nitrogen and oxygen atoms in total. The van der Waals surface area contributed by atoms with Crippen LogP contribution in [0.25, 0.3) is 0 Å². The Kier molecular flexibility index (Phi) is 5.69. The maximum atomic E-state index is 14.0. The van der Waals surface area contributed by atoms with Gasteiger partial charge in [-0.15, -0.1) is 0 Å². The summed E-state index contributed by atoms with van der Waals surface area (Å²) in [6.45, 7) is 4.47. The predicted molar refractivity (Wildman–Crippen MR) is 105 cm³/mol. The Morgan fingerprint density at radius 2 is 1.70 bits per heavy atom. The van der Waals surface area contributed by atoms with Crippen molar-refractivity contribution >= 4 is 31.9 Å². The standard InChI is InChI=1S/C19H20BrFN2O3S/c1-13-3-6-18(14(2)11-13)27(25,26)23-9-7-22(8-10-23)19(24)16-12-15(20)4-5-17(16)21/h3-6,11-12H,7-10H2,1-2H3. The molecular formula is C19H20BrFN2O3S. The van der Waals surface area contributed by atoms with Crippen molar-refractivity contribution in [1.29, 1.82) is 0 Å². The summed E-state index contributed by atoms with van der Waals surface area (Å²) < 4.78 is 41.8. The van der Waals surface area contributed by atoms with Crippen molar-refractivity contribution < 1.29 is 17.6 Å². The van der Waals surface area contributed by atoms with Gasteiger partial charge in [-0.1, -0.05) is 33.6 Å². The van der Waals surface area contributed by atoms with Crippen LogP contribution in [0, 0.1) is 19.7 Å². The van der Waals surface area contributed by atoms with Crippen LogP contribution in [-0.4, -0.2) is 49.7 Å². The van der Waals surface area contributed by atoms with Crippen molar-refractivity contribution in [2.45, 2.75) is 18.7 Å². The Balaban J connectivity index is 1.75. The average molecular weight is 455 g/mol. The highest BCUT2D eigenvalue weighted by atomic mass is 79.9. The number of piperazine rings is 1. The minimum atomic E-state index is -3.62. The van der Waals surface area contributed by atoms with E-state index in [-0.39, 0.29) is 36.6 Å². The molecule has 3 rings (SSSR count). The monoisotopic (exact) mass is 454 g/mol. The second-order valence-electron chi connectivity index (χ2n) is 6.59. The first-order valence-electron chi connectivity index (χ1n) is 8.52. The van der Waals surface area contributed by atoms with Crippen LogP contribution in [0.5, 0.6) is 0 Å². The third-order valence-corrected chi connectivity index (χ3v) is 7.19. The molecule has 0 N–H and O–H groups in total. The van der Waals surface area contributed by atoms with E-state index >= 15 is 0 Å². The lowest BCUT2D eigenvalue weighted by Crippen LogP contribution is -2.50. The smallest absolute Gasteiger partial charge is 0.256 e. The normalized spacial score (nSPS) is 15.8. The van der Waals surface area contributed by atoms with Gasteiger partial charge in [0.15, 0.2) is 0 Å². The first kappa shape index (κ1) is 20.0. The molecule has 0 aromatic heterocycles. The number of rotatable bonds is 3. The van der Waals surface area contributed by atoms with E-state index in [2.05, 4.69) is 15.9 Å². The van der Waals surface area contributed by atoms with Crippen LogP contribution < -0.4 is 0 Å². The first-order chi connectivity index (χ1) is 12.7. The molecule has 0 unspecified atom stereocenters. The molecule has 2 aromatic rings. The first-order valence-corrected chi connectivity index (χ1v) is 10.7. The van der Waals surface area contributed by atoms with E-state index in [4.69, 9.17) is 0 Å². The molecular weight excluding hydrogens is 435 g/mol. The minimum Gasteiger partial charge on any atom is -0.336 e. The zero-order valence-electron chi connectivity index (χ0n) is 15.1. The van der Waals surface area contributed by atoms with Crippen LogP contribution in [0.2, 0.25) is 0 Å². The second-order valence-corrected chi connectivity index (χ2v) is 9.41. The lowest BCUT2D eigenvalue weighted by molar-refractivity contribution is 0.0693. The number of hydrogen-bond acceptors (Lipinski definition) is 3. The van der Waals surface area contributed by atoms with E-state index in [0.717, 1.165) is 5.56 Å². The Hall–Kier alpha value is -1.77. The summed E-state index contributed by atoms with van der Waals surface area (Å²) in [7, 11) is -3.62. The number of benzene rings is 2. The zero-order valence-corrected chi connectivity index (χ0v) is 17.5. The SMILES string of the molecule is Cc1ccc(S(=O)(=O)N2CCN(C(=O)c3cc(Br)ccc3F)CC2)c(C)c1. The van der Waals surface area contributed by atoms with Crippen LogP contribution in [0.15, 0.2) is 45.8 Å². The van der Waals surface area contributed by atoms with Crippen LogP contribution in [0.1, 0.15) is 21.5 Å². The Morgan fingerprint density at radius 3 is 2.33 bits per heavy atom. The summed E-state index contributed by atoms with van der Waals surface area (Å²) in [6.07, 6.45) is 0. The molecule has 27 heavy (non-hydrogen) atoms. The number of carbonyl (C=O) groups excluding carboxylic acids is 1. The fraction of sp³-hybridized carbons (Fsp3) is 0.316. The van der Waals surface area contributed by atoms with Crippen molar-refractivity contribution in [2.24, 2.45) is 0 Å². The molecule has 0 aliphatic carbocycles. The highest BCUT2D eigenvalue weighted by Gasteiger charge is 2.31. The van der Waals surface area contributed by atoms with Crippen LogP contribution >= 0.6 is 15.9 Å². The summed E-state index contributed by atoms with van der Waals surface area (Å²) in [5.74, 6) is -1.02. The maximum Gasteiger partial charge on any atom is 0.256 e. The quantitative estimate of drug-likeness (QED) is 0.714. The van der Waals surface area contributed by atoms with Crippen molar-refractivity contribution in [3.05, 3.63) is 63.4 Å². The van der Waals surface area contributed by atoms with E-state index < -0.39 is 21.7 Å². The molecule has 0 spiro atoms. The Morgan fingerprint density at radius 1 is 1.04 bits per heavy atom. The fourth-order valence-electron chi connectivity index (χ4n) is 3.19. The third-order valence-electron chi connectivity index (χ3n) is 4.63. The molecule has 1 aliphatic heterocycles. The second kappa shape index (κ2) is 7.69. The van der Waals surface area contributed by atoms with Gasteiger partial charge in [0.1, 0.15) is 5.82 Å². The largest absolute Gasteiger partial charge is 0.336 e. The molecule has 0 radical (unpaired) electrons. The number of aryl methyl sites for hydroxylation is 2. The van der Waals surface area contributed by atoms with Crippen molar-refractivity contribution in [3.63, 3.8) is 0 Å². The van der Waals surface area contributed by atoms with E-state index in [1.807, 2.05) is 13.0 Å². The minimum absolute atomic E-state index is 0.0185. The van der Waals surface area contributed by atoms with Gasteiger partial charge in [0.2, 0.25) is 10.0 Å². The summed E-state index contributed by atoms with van der Waals surface area (Å²) in [6, 6.07) is 9.43. The molecule has 1 amide bonds. The van der Waals surface area contributed by atoms with Crippen molar-refractivity contribution in [1.82, 2.24) is 9.21 Å². The molecule has 0 saturated carbocycles. The van der Waals surface area contributed by atoms with Gasteiger partial charge in [0.05, 0.1) is 10.5 Å². The van der Waals surface area contributed by atoms with Gasteiger partial charge in [-0.2, -0.15) is 4.31 Å². The van der Waals surface area contributed by atoms with E-state index in [1.54, 1.807) is 19.1 Å². The number of sulfonamides is 1. The summed E-state index contributed by atoms with van der Waals surface area (Å²) in [5, 5.41) is 0. The van der Waals surface area contributed by atoms with Gasteiger partial charge in [0, 0.05) is 30.7 Å². The summed E-state index contributed by atoms with van der Waals surface area (Å²) in [4.78, 5) is 14.4. The van der Waals surface area contributed by atoms with Crippen LogP contribution in [0.3, 0.4) is 0 Å². The topological polar surface area (TPSA) is 57.7 Å². The van der Waals surface area contributed by atoms with Crippen LogP contribution in [-0.2, 0) is 10.0 Å². The van der Waals surface area contributed by atoms with Gasteiger partial charge < -0.3 is 4.90 Å². The lowest BCUT2D eigenvalue weighted by Gasteiger charge is -2.34. The Bertz CT molecular complexity index is 986. The lowest BCUT2D eigenvalue weighted by atomic mass is 10.1. The molecule has 144 valence electrons. The van der Waals surface area contributed by atoms with Crippen molar-refractivity contribution in [3.8, 4) is 0 Å². The molecule has 1 fully saturated rings. The molecule has 8 heteroatoms. The zero-order chi connectivity index (χ0) is 19.8. The average Bonchev–Trinajstić information content (AvgIpc) is 2.63. The predicted octanol–water partition coefficient (Wildman–Crippen LogP) is 3.35.